The van der Waals surface area contributed by atoms with Gasteiger partial charge in [0.2, 0.25) is 0 Å². The average molecular weight is 234 g/mol. The zero-order chi connectivity index (χ0) is 12.9. The van der Waals surface area contributed by atoms with Gasteiger partial charge < -0.3 is 4.74 Å². The van der Waals surface area contributed by atoms with Gasteiger partial charge in [-0.2, -0.15) is 0 Å². The van der Waals surface area contributed by atoms with Gasteiger partial charge in [0.15, 0.2) is 0 Å². The van der Waals surface area contributed by atoms with Crippen LogP contribution in [0.25, 0.3) is 0 Å². The van der Waals surface area contributed by atoms with Crippen LogP contribution in [0.2, 0.25) is 0 Å². The number of rotatable bonds is 5. The molecule has 0 unspecified atom stereocenters. The first-order chi connectivity index (χ1) is 7.93. The summed E-state index contributed by atoms with van der Waals surface area (Å²) in [5, 5.41) is 0. The van der Waals surface area contributed by atoms with Crippen molar-refractivity contribution >= 4 is 5.78 Å². The van der Waals surface area contributed by atoms with Crippen LogP contribution in [0.1, 0.15) is 46.1 Å². The minimum absolute atomic E-state index is 0.124. The second-order valence-electron chi connectivity index (χ2n) is 5.27. The number of Topliss-reactive ketones (excluding diaryl/α,β-unsaturated/α-hetero) is 1. The fourth-order valence-electron chi connectivity index (χ4n) is 1.51. The van der Waals surface area contributed by atoms with Crippen LogP contribution in [-0.2, 0) is 10.2 Å². The number of ketones is 1. The first-order valence-electron chi connectivity index (χ1n) is 6.18. The van der Waals surface area contributed by atoms with Gasteiger partial charge in [0.25, 0.3) is 0 Å². The average Bonchev–Trinajstić information content (AvgIpc) is 2.28. The van der Waals surface area contributed by atoms with Crippen LogP contribution in [0.15, 0.2) is 24.3 Å². The Kier molecular flexibility index (Phi) is 4.73. The van der Waals surface area contributed by atoms with Crippen LogP contribution in [-0.4, -0.2) is 12.4 Å². The van der Waals surface area contributed by atoms with Gasteiger partial charge in [-0.15, -0.1) is 0 Å². The molecule has 1 aromatic rings. The number of ether oxygens (including phenoxy) is 1. The number of hydrogen-bond donors (Lipinski definition) is 0. The maximum absolute atomic E-state index is 11.1. The van der Waals surface area contributed by atoms with Gasteiger partial charge in [-0.25, -0.2) is 0 Å². The third-order valence-corrected chi connectivity index (χ3v) is 2.74. The van der Waals surface area contributed by atoms with Gasteiger partial charge in [-0.05, 0) is 23.1 Å². The maximum Gasteiger partial charge on any atom is 0.136 e. The van der Waals surface area contributed by atoms with E-state index < -0.39 is 0 Å². The van der Waals surface area contributed by atoms with E-state index in [1.165, 1.54) is 5.56 Å². The highest BCUT2D eigenvalue weighted by atomic mass is 16.5. The SMILES string of the molecule is CCC(=O)CCOc1cccc(C(C)(C)C)c1. The van der Waals surface area contributed by atoms with Crippen molar-refractivity contribution in [3.8, 4) is 5.75 Å². The Morgan fingerprint density at radius 2 is 2.00 bits per heavy atom. The number of carbonyl (C=O) groups is 1. The molecule has 0 saturated carbocycles. The zero-order valence-electron chi connectivity index (χ0n) is 11.2. The molecule has 17 heavy (non-hydrogen) atoms. The van der Waals surface area contributed by atoms with E-state index in [4.69, 9.17) is 4.74 Å². The summed E-state index contributed by atoms with van der Waals surface area (Å²) in [5.41, 5.74) is 1.37. The number of carbonyl (C=O) groups excluding carboxylic acids is 1. The predicted octanol–water partition coefficient (Wildman–Crippen LogP) is 3.73. The van der Waals surface area contributed by atoms with Gasteiger partial charge in [-0.3, -0.25) is 4.79 Å². The summed E-state index contributed by atoms with van der Waals surface area (Å²) in [6.45, 7) is 8.87. The lowest BCUT2D eigenvalue weighted by Gasteiger charge is -2.19. The Bertz CT molecular complexity index is 375. The van der Waals surface area contributed by atoms with E-state index in [1.807, 2.05) is 19.1 Å². The van der Waals surface area contributed by atoms with E-state index in [9.17, 15) is 4.79 Å². The van der Waals surface area contributed by atoms with Crippen LogP contribution in [0, 0.1) is 0 Å². The van der Waals surface area contributed by atoms with Crippen LogP contribution in [0.3, 0.4) is 0 Å². The fraction of sp³-hybridized carbons (Fsp3) is 0.533. The summed E-state index contributed by atoms with van der Waals surface area (Å²) in [6, 6.07) is 8.09. The molecule has 0 radical (unpaired) electrons. The van der Waals surface area contributed by atoms with Crippen molar-refractivity contribution in [2.45, 2.75) is 46.0 Å². The smallest absolute Gasteiger partial charge is 0.136 e. The third-order valence-electron chi connectivity index (χ3n) is 2.74. The fourth-order valence-corrected chi connectivity index (χ4v) is 1.51. The summed E-state index contributed by atoms with van der Waals surface area (Å²) in [7, 11) is 0. The van der Waals surface area contributed by atoms with Crippen molar-refractivity contribution in [1.82, 2.24) is 0 Å². The van der Waals surface area contributed by atoms with Crippen molar-refractivity contribution in [3.63, 3.8) is 0 Å². The molecule has 2 nitrogen and oxygen atoms in total. The second-order valence-corrected chi connectivity index (χ2v) is 5.27. The van der Waals surface area contributed by atoms with Crippen molar-refractivity contribution in [2.24, 2.45) is 0 Å². The standard InChI is InChI=1S/C15H22O2/c1-5-13(16)9-10-17-14-8-6-7-12(11-14)15(2,3)4/h6-8,11H,5,9-10H2,1-4H3. The minimum Gasteiger partial charge on any atom is -0.493 e. The highest BCUT2D eigenvalue weighted by molar-refractivity contribution is 5.78. The zero-order valence-corrected chi connectivity index (χ0v) is 11.2. The Hall–Kier alpha value is -1.31. The summed E-state index contributed by atoms with van der Waals surface area (Å²) in [4.78, 5) is 11.1. The van der Waals surface area contributed by atoms with Gasteiger partial charge in [0.05, 0.1) is 6.61 Å². The Balaban J connectivity index is 2.58. The second kappa shape index (κ2) is 5.85. The van der Waals surface area contributed by atoms with Crippen LogP contribution < -0.4 is 4.74 Å². The lowest BCUT2D eigenvalue weighted by molar-refractivity contribution is -0.119. The topological polar surface area (TPSA) is 26.3 Å². The molecule has 94 valence electrons. The molecule has 0 aliphatic heterocycles. The highest BCUT2D eigenvalue weighted by Crippen LogP contribution is 2.25. The van der Waals surface area contributed by atoms with E-state index in [-0.39, 0.29) is 11.2 Å². The summed E-state index contributed by atoms with van der Waals surface area (Å²) in [5.74, 6) is 1.10. The van der Waals surface area contributed by atoms with Crippen LogP contribution in [0.4, 0.5) is 0 Å². The Labute approximate surface area is 104 Å². The molecule has 0 saturated heterocycles. The quantitative estimate of drug-likeness (QED) is 0.776. The normalized spacial score (nSPS) is 11.3. The number of benzene rings is 1. The predicted molar refractivity (Wildman–Crippen MR) is 70.6 cm³/mol. The van der Waals surface area contributed by atoms with Crippen molar-refractivity contribution < 1.29 is 9.53 Å². The minimum atomic E-state index is 0.124. The molecule has 0 aliphatic rings. The first kappa shape index (κ1) is 13.8. The highest BCUT2D eigenvalue weighted by Gasteiger charge is 2.13. The summed E-state index contributed by atoms with van der Waals surface area (Å²) >= 11 is 0. The molecule has 0 heterocycles. The lowest BCUT2D eigenvalue weighted by Crippen LogP contribution is -2.11. The lowest BCUT2D eigenvalue weighted by atomic mass is 9.87. The summed E-state index contributed by atoms with van der Waals surface area (Å²) in [6.07, 6.45) is 1.08. The van der Waals surface area contributed by atoms with E-state index in [0.29, 0.717) is 19.4 Å². The largest absolute Gasteiger partial charge is 0.493 e. The monoisotopic (exact) mass is 234 g/mol. The van der Waals surface area contributed by atoms with E-state index >= 15 is 0 Å². The van der Waals surface area contributed by atoms with E-state index in [1.54, 1.807) is 0 Å². The molecule has 0 spiro atoms. The molecule has 0 bridgehead atoms. The molecule has 0 fully saturated rings. The van der Waals surface area contributed by atoms with Gasteiger partial charge in [-0.1, -0.05) is 39.8 Å². The molecule has 0 amide bonds. The van der Waals surface area contributed by atoms with Crippen molar-refractivity contribution in [1.29, 1.82) is 0 Å². The Morgan fingerprint density at radius 1 is 1.29 bits per heavy atom. The van der Waals surface area contributed by atoms with Crippen LogP contribution in [0.5, 0.6) is 5.75 Å². The molecular weight excluding hydrogens is 212 g/mol. The molecule has 0 atom stereocenters. The summed E-state index contributed by atoms with van der Waals surface area (Å²) < 4.78 is 5.59. The Morgan fingerprint density at radius 3 is 2.59 bits per heavy atom. The van der Waals surface area contributed by atoms with Crippen molar-refractivity contribution in [3.05, 3.63) is 29.8 Å². The molecule has 0 aliphatic carbocycles. The molecular formula is C15H22O2. The van der Waals surface area contributed by atoms with Gasteiger partial charge in [0, 0.05) is 12.8 Å². The third kappa shape index (κ3) is 4.59. The van der Waals surface area contributed by atoms with Crippen molar-refractivity contribution in [2.75, 3.05) is 6.61 Å². The molecule has 1 aromatic carbocycles. The van der Waals surface area contributed by atoms with E-state index in [2.05, 4.69) is 32.9 Å². The van der Waals surface area contributed by atoms with E-state index in [0.717, 1.165) is 5.75 Å². The van der Waals surface area contributed by atoms with Crippen LogP contribution >= 0.6 is 0 Å². The maximum atomic E-state index is 11.1. The molecule has 0 N–H and O–H groups in total. The number of hydrogen-bond acceptors (Lipinski definition) is 2. The van der Waals surface area contributed by atoms with Gasteiger partial charge >= 0.3 is 0 Å². The first-order valence-corrected chi connectivity index (χ1v) is 6.18. The van der Waals surface area contributed by atoms with Gasteiger partial charge in [0.1, 0.15) is 11.5 Å². The molecule has 2 heteroatoms. The molecule has 0 aromatic heterocycles. The molecule has 1 rings (SSSR count).